The maximum absolute atomic E-state index is 10.3. The van der Waals surface area contributed by atoms with Gasteiger partial charge in [0.05, 0.1) is 6.10 Å². The van der Waals surface area contributed by atoms with Gasteiger partial charge in [0.25, 0.3) is 0 Å². The maximum atomic E-state index is 10.3. The van der Waals surface area contributed by atoms with Gasteiger partial charge in [-0.15, -0.1) is 0 Å². The van der Waals surface area contributed by atoms with Crippen LogP contribution in [0.4, 0.5) is 5.69 Å². The fraction of sp³-hybridized carbons (Fsp3) is 0.312. The molecule has 3 nitrogen and oxygen atoms in total. The molecule has 19 heavy (non-hydrogen) atoms. The summed E-state index contributed by atoms with van der Waals surface area (Å²) in [5, 5.41) is 10.3. The van der Waals surface area contributed by atoms with E-state index in [1.807, 2.05) is 12.1 Å². The van der Waals surface area contributed by atoms with Crippen LogP contribution in [0.5, 0.6) is 0 Å². The summed E-state index contributed by atoms with van der Waals surface area (Å²) in [7, 11) is 0. The summed E-state index contributed by atoms with van der Waals surface area (Å²) in [5.41, 5.74) is 3.49. The number of aliphatic hydroxyl groups excluding tert-OH is 1. The normalized spacial score (nSPS) is 19.3. The van der Waals surface area contributed by atoms with Gasteiger partial charge in [0.15, 0.2) is 0 Å². The van der Waals surface area contributed by atoms with E-state index in [2.05, 4.69) is 41.1 Å². The predicted octanol–water partition coefficient (Wildman–Crippen LogP) is 2.57. The molecule has 0 fully saturated rings. The van der Waals surface area contributed by atoms with Crippen LogP contribution < -0.4 is 4.90 Å². The Hall–Kier alpha value is -1.87. The lowest BCUT2D eigenvalue weighted by Gasteiger charge is -2.27. The molecule has 0 aliphatic carbocycles. The summed E-state index contributed by atoms with van der Waals surface area (Å²) < 4.78 is 0. The van der Waals surface area contributed by atoms with Crippen LogP contribution in [0.1, 0.15) is 24.2 Å². The minimum absolute atomic E-state index is 0.434. The van der Waals surface area contributed by atoms with Gasteiger partial charge in [0.1, 0.15) is 0 Å². The van der Waals surface area contributed by atoms with E-state index in [1.54, 1.807) is 12.4 Å². The molecule has 0 bridgehead atoms. The van der Waals surface area contributed by atoms with Crippen LogP contribution >= 0.6 is 0 Å². The molecule has 2 atom stereocenters. The van der Waals surface area contributed by atoms with Crippen LogP contribution in [0.3, 0.4) is 0 Å². The Morgan fingerprint density at radius 1 is 1.32 bits per heavy atom. The van der Waals surface area contributed by atoms with Crippen LogP contribution in [0, 0.1) is 0 Å². The number of benzene rings is 1. The smallest absolute Gasteiger partial charge is 0.0979 e. The maximum Gasteiger partial charge on any atom is 0.0979 e. The Morgan fingerprint density at radius 3 is 2.95 bits per heavy atom. The summed E-state index contributed by atoms with van der Waals surface area (Å²) in [6.45, 7) is 2.82. The molecule has 1 aromatic carbocycles. The van der Waals surface area contributed by atoms with E-state index in [0.29, 0.717) is 12.6 Å². The number of nitrogens with zero attached hydrogens (tertiary/aromatic N) is 2. The van der Waals surface area contributed by atoms with Gasteiger partial charge in [-0.3, -0.25) is 4.98 Å². The molecular weight excluding hydrogens is 236 g/mol. The molecule has 2 aromatic rings. The molecule has 1 N–H and O–H groups in total. The number of β-amino-alcohol motifs (C(OH)–C–C–N with tert-alkyl or cyclic N) is 1. The number of aliphatic hydroxyl groups is 1. The lowest BCUT2D eigenvalue weighted by atomic mass is 10.1. The summed E-state index contributed by atoms with van der Waals surface area (Å²) in [5.74, 6) is 0. The Morgan fingerprint density at radius 2 is 2.16 bits per heavy atom. The zero-order chi connectivity index (χ0) is 13.2. The van der Waals surface area contributed by atoms with Gasteiger partial charge in [-0.05, 0) is 31.0 Å². The Balaban J connectivity index is 1.80. The molecule has 3 heteroatoms. The Labute approximate surface area is 113 Å². The van der Waals surface area contributed by atoms with Crippen molar-refractivity contribution >= 4 is 5.69 Å². The fourth-order valence-electron chi connectivity index (χ4n) is 2.77. The molecule has 3 rings (SSSR count). The van der Waals surface area contributed by atoms with E-state index in [-0.39, 0.29) is 0 Å². The molecule has 0 saturated heterocycles. The summed E-state index contributed by atoms with van der Waals surface area (Å²) in [4.78, 5) is 6.35. The van der Waals surface area contributed by atoms with Crippen molar-refractivity contribution in [2.45, 2.75) is 25.5 Å². The van der Waals surface area contributed by atoms with Gasteiger partial charge in [-0.25, -0.2) is 0 Å². The van der Waals surface area contributed by atoms with E-state index in [9.17, 15) is 5.11 Å². The van der Waals surface area contributed by atoms with E-state index in [4.69, 9.17) is 0 Å². The minimum atomic E-state index is -0.498. The monoisotopic (exact) mass is 254 g/mol. The second kappa shape index (κ2) is 5.02. The van der Waals surface area contributed by atoms with Gasteiger partial charge >= 0.3 is 0 Å². The van der Waals surface area contributed by atoms with Crippen molar-refractivity contribution in [1.82, 2.24) is 4.98 Å². The molecule has 1 aromatic heterocycles. The number of rotatable bonds is 3. The lowest BCUT2D eigenvalue weighted by Crippen LogP contribution is -2.33. The number of pyridine rings is 1. The van der Waals surface area contributed by atoms with Crippen LogP contribution in [0.25, 0.3) is 0 Å². The first kappa shape index (κ1) is 12.2. The van der Waals surface area contributed by atoms with E-state index in [1.165, 1.54) is 11.3 Å². The van der Waals surface area contributed by atoms with Gasteiger partial charge in [-0.1, -0.05) is 24.3 Å². The van der Waals surface area contributed by atoms with E-state index < -0.39 is 6.10 Å². The van der Waals surface area contributed by atoms with Crippen molar-refractivity contribution in [2.75, 3.05) is 11.4 Å². The zero-order valence-electron chi connectivity index (χ0n) is 11.0. The molecule has 98 valence electrons. The third kappa shape index (κ3) is 2.34. The third-order valence-electron chi connectivity index (χ3n) is 3.79. The third-order valence-corrected chi connectivity index (χ3v) is 3.79. The van der Waals surface area contributed by atoms with E-state index in [0.717, 1.165) is 12.0 Å². The topological polar surface area (TPSA) is 36.4 Å². The first-order valence-corrected chi connectivity index (χ1v) is 6.68. The number of hydrogen-bond donors (Lipinski definition) is 1. The lowest BCUT2D eigenvalue weighted by molar-refractivity contribution is 0.181. The molecule has 1 aliphatic heterocycles. The average molecular weight is 254 g/mol. The molecule has 0 spiro atoms. The quantitative estimate of drug-likeness (QED) is 0.914. The molecule has 0 radical (unpaired) electrons. The molecular formula is C16H18N2O. The zero-order valence-corrected chi connectivity index (χ0v) is 11.0. The van der Waals surface area contributed by atoms with Crippen molar-refractivity contribution in [3.05, 3.63) is 59.9 Å². The van der Waals surface area contributed by atoms with Crippen LogP contribution in [0.2, 0.25) is 0 Å². The predicted molar refractivity (Wildman–Crippen MR) is 76.2 cm³/mol. The van der Waals surface area contributed by atoms with Gasteiger partial charge in [0.2, 0.25) is 0 Å². The van der Waals surface area contributed by atoms with Crippen LogP contribution in [0.15, 0.2) is 48.8 Å². The minimum Gasteiger partial charge on any atom is -0.386 e. The number of fused-ring (bicyclic) bond motifs is 1. The fourth-order valence-corrected chi connectivity index (χ4v) is 2.77. The summed E-state index contributed by atoms with van der Waals surface area (Å²) in [6.07, 6.45) is 4.01. The molecule has 2 unspecified atom stereocenters. The summed E-state index contributed by atoms with van der Waals surface area (Å²) >= 11 is 0. The standard InChI is InChI=1S/C16H18N2O/c1-12-9-13-5-2-3-7-15(13)18(12)11-16(19)14-6-4-8-17-10-14/h2-8,10,12,16,19H,9,11H2,1H3. The highest BCUT2D eigenvalue weighted by Gasteiger charge is 2.27. The largest absolute Gasteiger partial charge is 0.386 e. The second-order valence-corrected chi connectivity index (χ2v) is 5.14. The van der Waals surface area contributed by atoms with E-state index >= 15 is 0 Å². The first-order valence-electron chi connectivity index (χ1n) is 6.68. The van der Waals surface area contributed by atoms with Crippen molar-refractivity contribution in [1.29, 1.82) is 0 Å². The number of aromatic nitrogens is 1. The summed E-state index contributed by atoms with van der Waals surface area (Å²) in [6, 6.07) is 12.7. The molecule has 2 heterocycles. The average Bonchev–Trinajstić information content (AvgIpc) is 2.76. The molecule has 1 aliphatic rings. The van der Waals surface area contributed by atoms with Crippen LogP contribution in [-0.2, 0) is 6.42 Å². The number of hydrogen-bond acceptors (Lipinski definition) is 3. The molecule has 0 saturated carbocycles. The van der Waals surface area contributed by atoms with Gasteiger partial charge < -0.3 is 10.0 Å². The highest BCUT2D eigenvalue weighted by molar-refractivity contribution is 5.59. The second-order valence-electron chi connectivity index (χ2n) is 5.14. The SMILES string of the molecule is CC1Cc2ccccc2N1CC(O)c1cccnc1. The Bertz CT molecular complexity index is 556. The first-order chi connectivity index (χ1) is 9.25. The van der Waals surface area contributed by atoms with Crippen molar-refractivity contribution in [3.8, 4) is 0 Å². The number of para-hydroxylation sites is 1. The van der Waals surface area contributed by atoms with Gasteiger partial charge in [0, 0.05) is 36.2 Å². The van der Waals surface area contributed by atoms with Gasteiger partial charge in [-0.2, -0.15) is 0 Å². The highest BCUT2D eigenvalue weighted by atomic mass is 16.3. The van der Waals surface area contributed by atoms with Crippen molar-refractivity contribution < 1.29 is 5.11 Å². The van der Waals surface area contributed by atoms with Crippen molar-refractivity contribution in [2.24, 2.45) is 0 Å². The molecule has 0 amide bonds. The van der Waals surface area contributed by atoms with Crippen molar-refractivity contribution in [3.63, 3.8) is 0 Å². The Kier molecular flexibility index (Phi) is 3.22. The van der Waals surface area contributed by atoms with Crippen LogP contribution in [-0.4, -0.2) is 22.7 Å². The number of anilines is 1. The highest BCUT2D eigenvalue weighted by Crippen LogP contribution is 2.33.